The molecule has 1 aliphatic rings. The van der Waals surface area contributed by atoms with Gasteiger partial charge in [0.15, 0.2) is 0 Å². The second kappa shape index (κ2) is 5.31. The molecule has 1 fully saturated rings. The van der Waals surface area contributed by atoms with E-state index in [-0.39, 0.29) is 31.0 Å². The molecule has 1 aromatic rings. The maximum absolute atomic E-state index is 13.4. The summed E-state index contributed by atoms with van der Waals surface area (Å²) in [4.78, 5) is 0. The third-order valence-corrected chi connectivity index (χ3v) is 3.69. The summed E-state index contributed by atoms with van der Waals surface area (Å²) in [6, 6.07) is 6.26. The molecule has 1 atom stereocenters. The van der Waals surface area contributed by atoms with Gasteiger partial charge < -0.3 is 5.11 Å². The van der Waals surface area contributed by atoms with Crippen LogP contribution in [0.25, 0.3) is 0 Å². The Balaban J connectivity index is 1.93. The molecule has 1 saturated carbocycles. The van der Waals surface area contributed by atoms with Gasteiger partial charge in [0.2, 0.25) is 5.92 Å². The van der Waals surface area contributed by atoms with Crippen LogP contribution in [-0.4, -0.2) is 17.1 Å². The molecule has 0 amide bonds. The van der Waals surface area contributed by atoms with Gasteiger partial charge in [0.1, 0.15) is 5.82 Å². The van der Waals surface area contributed by atoms with Gasteiger partial charge in [-0.25, -0.2) is 13.2 Å². The Bertz CT molecular complexity index is 396. The minimum Gasteiger partial charge on any atom is -0.392 e. The van der Waals surface area contributed by atoms with Crippen molar-refractivity contribution in [2.24, 2.45) is 5.92 Å². The van der Waals surface area contributed by atoms with Gasteiger partial charge in [-0.15, -0.1) is 0 Å². The molecule has 1 aromatic carbocycles. The van der Waals surface area contributed by atoms with E-state index in [1.165, 1.54) is 6.07 Å². The molecule has 0 aromatic heterocycles. The smallest absolute Gasteiger partial charge is 0.248 e. The molecule has 2 rings (SSSR count). The van der Waals surface area contributed by atoms with E-state index in [4.69, 9.17) is 0 Å². The Kier molecular flexibility index (Phi) is 3.95. The Labute approximate surface area is 105 Å². The van der Waals surface area contributed by atoms with E-state index in [2.05, 4.69) is 0 Å². The topological polar surface area (TPSA) is 20.2 Å². The van der Waals surface area contributed by atoms with E-state index >= 15 is 0 Å². The van der Waals surface area contributed by atoms with Crippen molar-refractivity contribution in [2.45, 2.75) is 44.1 Å². The van der Waals surface area contributed by atoms with Gasteiger partial charge in [-0.05, 0) is 30.4 Å². The molecule has 100 valence electrons. The molecule has 0 heterocycles. The van der Waals surface area contributed by atoms with E-state index in [9.17, 15) is 18.3 Å². The average molecular weight is 258 g/mol. The number of hydrogen-bond donors (Lipinski definition) is 1. The highest BCUT2D eigenvalue weighted by molar-refractivity contribution is 5.18. The van der Waals surface area contributed by atoms with E-state index in [1.54, 1.807) is 18.2 Å². The first-order valence-corrected chi connectivity index (χ1v) is 6.27. The molecule has 0 bridgehead atoms. The number of hydrogen-bond acceptors (Lipinski definition) is 1. The van der Waals surface area contributed by atoms with Gasteiger partial charge in [0.05, 0.1) is 6.10 Å². The van der Waals surface area contributed by atoms with Crippen molar-refractivity contribution >= 4 is 0 Å². The van der Waals surface area contributed by atoms with Crippen molar-refractivity contribution in [3.8, 4) is 0 Å². The standard InChI is InChI=1S/C14H17F3O/c15-12-4-2-1-3-11(12)9-13(18)10-5-7-14(16,17)8-6-10/h1-4,10,13,18H,5-9H2. The highest BCUT2D eigenvalue weighted by atomic mass is 19.3. The summed E-state index contributed by atoms with van der Waals surface area (Å²) in [5.41, 5.74) is 0.447. The van der Waals surface area contributed by atoms with Crippen LogP contribution in [0.1, 0.15) is 31.2 Å². The molecule has 18 heavy (non-hydrogen) atoms. The second-order valence-corrected chi connectivity index (χ2v) is 5.06. The number of aliphatic hydroxyl groups is 1. The molecule has 4 heteroatoms. The summed E-state index contributed by atoms with van der Waals surface area (Å²) >= 11 is 0. The summed E-state index contributed by atoms with van der Waals surface area (Å²) < 4.78 is 39.4. The van der Waals surface area contributed by atoms with Gasteiger partial charge in [-0.2, -0.15) is 0 Å². The summed E-state index contributed by atoms with van der Waals surface area (Å²) in [5, 5.41) is 10.0. The van der Waals surface area contributed by atoms with Crippen LogP contribution in [-0.2, 0) is 6.42 Å². The van der Waals surface area contributed by atoms with Crippen molar-refractivity contribution in [2.75, 3.05) is 0 Å². The van der Waals surface area contributed by atoms with Crippen LogP contribution >= 0.6 is 0 Å². The maximum atomic E-state index is 13.4. The highest BCUT2D eigenvalue weighted by Crippen LogP contribution is 2.38. The Hall–Kier alpha value is -1.03. The quantitative estimate of drug-likeness (QED) is 0.879. The van der Waals surface area contributed by atoms with Crippen LogP contribution in [0.15, 0.2) is 24.3 Å². The first kappa shape index (κ1) is 13.4. The lowest BCUT2D eigenvalue weighted by Crippen LogP contribution is -2.32. The molecule has 1 unspecified atom stereocenters. The van der Waals surface area contributed by atoms with Crippen molar-refractivity contribution in [3.63, 3.8) is 0 Å². The lowest BCUT2D eigenvalue weighted by Gasteiger charge is -2.31. The molecule has 1 nitrogen and oxygen atoms in total. The van der Waals surface area contributed by atoms with Gasteiger partial charge in [0.25, 0.3) is 0 Å². The van der Waals surface area contributed by atoms with Crippen molar-refractivity contribution < 1.29 is 18.3 Å². The first-order chi connectivity index (χ1) is 8.48. The predicted molar refractivity (Wildman–Crippen MR) is 63.0 cm³/mol. The van der Waals surface area contributed by atoms with Crippen molar-refractivity contribution in [1.29, 1.82) is 0 Å². The van der Waals surface area contributed by atoms with Crippen molar-refractivity contribution in [1.82, 2.24) is 0 Å². The van der Waals surface area contributed by atoms with Crippen LogP contribution in [0.4, 0.5) is 13.2 Å². The fourth-order valence-corrected chi connectivity index (χ4v) is 2.50. The van der Waals surface area contributed by atoms with Crippen LogP contribution < -0.4 is 0 Å². The minimum absolute atomic E-state index is 0.149. The number of benzene rings is 1. The van der Waals surface area contributed by atoms with Crippen LogP contribution in [0.5, 0.6) is 0 Å². The molecule has 0 saturated heterocycles. The van der Waals surface area contributed by atoms with E-state index < -0.39 is 12.0 Å². The minimum atomic E-state index is -2.59. The zero-order valence-electron chi connectivity index (χ0n) is 10.1. The normalized spacial score (nSPS) is 21.8. The zero-order valence-corrected chi connectivity index (χ0v) is 10.1. The van der Waals surface area contributed by atoms with Crippen LogP contribution in [0.3, 0.4) is 0 Å². The Morgan fingerprint density at radius 1 is 1.22 bits per heavy atom. The van der Waals surface area contributed by atoms with Gasteiger partial charge in [-0.3, -0.25) is 0 Å². The maximum Gasteiger partial charge on any atom is 0.248 e. The highest BCUT2D eigenvalue weighted by Gasteiger charge is 2.37. The van der Waals surface area contributed by atoms with Gasteiger partial charge >= 0.3 is 0 Å². The Morgan fingerprint density at radius 3 is 2.44 bits per heavy atom. The largest absolute Gasteiger partial charge is 0.392 e. The predicted octanol–water partition coefficient (Wildman–Crippen LogP) is 3.55. The fraction of sp³-hybridized carbons (Fsp3) is 0.571. The molecule has 1 aliphatic carbocycles. The van der Waals surface area contributed by atoms with Gasteiger partial charge in [-0.1, -0.05) is 18.2 Å². The number of alkyl halides is 2. The second-order valence-electron chi connectivity index (χ2n) is 5.06. The Morgan fingerprint density at radius 2 is 1.83 bits per heavy atom. The van der Waals surface area contributed by atoms with Crippen LogP contribution in [0, 0.1) is 11.7 Å². The van der Waals surface area contributed by atoms with Gasteiger partial charge in [0, 0.05) is 19.3 Å². The molecule has 0 aliphatic heterocycles. The molecular formula is C14H17F3O. The fourth-order valence-electron chi connectivity index (χ4n) is 2.50. The van der Waals surface area contributed by atoms with E-state index in [0.29, 0.717) is 18.4 Å². The number of rotatable bonds is 3. The number of aliphatic hydroxyl groups excluding tert-OH is 1. The van der Waals surface area contributed by atoms with E-state index in [0.717, 1.165) is 0 Å². The summed E-state index contributed by atoms with van der Waals surface area (Å²) in [6.45, 7) is 0. The van der Waals surface area contributed by atoms with E-state index in [1.807, 2.05) is 0 Å². The summed E-state index contributed by atoms with van der Waals surface area (Å²) in [5.74, 6) is -3.09. The van der Waals surface area contributed by atoms with Crippen LogP contribution in [0.2, 0.25) is 0 Å². The van der Waals surface area contributed by atoms with Crippen molar-refractivity contribution in [3.05, 3.63) is 35.6 Å². The molecular weight excluding hydrogens is 241 g/mol. The SMILES string of the molecule is OC(Cc1ccccc1F)C1CCC(F)(F)CC1. The summed E-state index contributed by atoms with van der Waals surface area (Å²) in [7, 11) is 0. The molecule has 0 radical (unpaired) electrons. The molecule has 1 N–H and O–H groups in total. The lowest BCUT2D eigenvalue weighted by molar-refractivity contribution is -0.0620. The average Bonchev–Trinajstić information content (AvgIpc) is 2.32. The molecule has 0 spiro atoms. The third kappa shape index (κ3) is 3.25. The monoisotopic (exact) mass is 258 g/mol. The number of halogens is 3. The lowest BCUT2D eigenvalue weighted by atomic mass is 9.81. The zero-order chi connectivity index (χ0) is 13.2. The first-order valence-electron chi connectivity index (χ1n) is 6.27. The summed E-state index contributed by atoms with van der Waals surface area (Å²) in [6.07, 6.45) is -0.274. The third-order valence-electron chi connectivity index (χ3n) is 3.69.